The molecular weight excluding hydrogens is 474 g/mol. The Bertz CT molecular complexity index is 938. The Hall–Kier alpha value is -2.61. The molecule has 1 saturated carbocycles. The van der Waals surface area contributed by atoms with Crippen molar-refractivity contribution >= 4 is 17.8 Å². The van der Waals surface area contributed by atoms with Gasteiger partial charge >= 0.3 is 12.1 Å². The van der Waals surface area contributed by atoms with Gasteiger partial charge in [-0.3, -0.25) is 9.69 Å². The van der Waals surface area contributed by atoms with E-state index in [0.717, 1.165) is 31.2 Å². The van der Waals surface area contributed by atoms with Crippen molar-refractivity contribution in [2.45, 2.75) is 109 Å². The number of carbonyl (C=O) groups excluding carboxylic acids is 3. The summed E-state index contributed by atoms with van der Waals surface area (Å²) in [6, 6.07) is 7.24. The van der Waals surface area contributed by atoms with Crippen molar-refractivity contribution in [2.75, 3.05) is 19.8 Å². The van der Waals surface area contributed by atoms with Crippen LogP contribution in [0.2, 0.25) is 0 Å². The van der Waals surface area contributed by atoms with Crippen LogP contribution in [-0.4, -0.2) is 65.9 Å². The number of nitrogens with zero attached hydrogens (tertiary/aromatic N) is 1. The van der Waals surface area contributed by atoms with Gasteiger partial charge in [-0.05, 0) is 91.2 Å². The highest BCUT2D eigenvalue weighted by atomic mass is 16.6. The second-order valence-electron chi connectivity index (χ2n) is 12.0. The maximum absolute atomic E-state index is 12.7. The van der Waals surface area contributed by atoms with Gasteiger partial charge in [-0.25, -0.2) is 9.59 Å². The molecule has 8 nitrogen and oxygen atoms in total. The first kappa shape index (κ1) is 29.0. The van der Waals surface area contributed by atoms with E-state index >= 15 is 0 Å². The number of piperidine rings is 1. The molecule has 1 saturated heterocycles. The summed E-state index contributed by atoms with van der Waals surface area (Å²) >= 11 is 0. The van der Waals surface area contributed by atoms with Gasteiger partial charge in [-0.2, -0.15) is 0 Å². The second-order valence-corrected chi connectivity index (χ2v) is 12.0. The number of para-hydroxylation sites is 1. The summed E-state index contributed by atoms with van der Waals surface area (Å²) in [6.45, 7) is 11.5. The molecule has 0 aromatic heterocycles. The molecule has 1 aliphatic carbocycles. The number of ether oxygens (including phenoxy) is 4. The van der Waals surface area contributed by atoms with Gasteiger partial charge in [0.25, 0.3) is 0 Å². The van der Waals surface area contributed by atoms with E-state index in [1.807, 2.05) is 59.7 Å². The fourth-order valence-electron chi connectivity index (χ4n) is 4.87. The average Bonchev–Trinajstić information content (AvgIpc) is 2.80. The Morgan fingerprint density at radius 1 is 0.946 bits per heavy atom. The predicted molar refractivity (Wildman–Crippen MR) is 140 cm³/mol. The van der Waals surface area contributed by atoms with E-state index in [1.54, 1.807) is 0 Å². The molecule has 8 heteroatoms. The van der Waals surface area contributed by atoms with Gasteiger partial charge in [-0.1, -0.05) is 18.2 Å². The smallest absolute Gasteiger partial charge is 0.410 e. The lowest BCUT2D eigenvalue weighted by Crippen LogP contribution is -2.53. The van der Waals surface area contributed by atoms with Crippen LogP contribution >= 0.6 is 0 Å². The van der Waals surface area contributed by atoms with E-state index in [-0.39, 0.29) is 25.1 Å². The van der Waals surface area contributed by atoms with Crippen molar-refractivity contribution in [3.8, 4) is 5.75 Å². The van der Waals surface area contributed by atoms with Crippen LogP contribution < -0.4 is 4.74 Å². The highest BCUT2D eigenvalue weighted by Gasteiger charge is 2.36. The summed E-state index contributed by atoms with van der Waals surface area (Å²) in [7, 11) is 0. The first-order valence-electron chi connectivity index (χ1n) is 13.4. The third kappa shape index (κ3) is 9.02. The van der Waals surface area contributed by atoms with E-state index in [2.05, 4.69) is 6.07 Å². The van der Waals surface area contributed by atoms with Gasteiger partial charge in [0.05, 0.1) is 12.7 Å². The van der Waals surface area contributed by atoms with Gasteiger partial charge in [0, 0.05) is 13.0 Å². The molecule has 3 rings (SSSR count). The number of Topliss-reactive ketones (excluding diaryl/α,β-unsaturated/α-hetero) is 1. The molecule has 1 unspecified atom stereocenters. The first-order chi connectivity index (χ1) is 17.3. The summed E-state index contributed by atoms with van der Waals surface area (Å²) < 4.78 is 22.9. The number of amides is 1. The first-order valence-corrected chi connectivity index (χ1v) is 13.4. The highest BCUT2D eigenvalue weighted by molar-refractivity contribution is 5.88. The zero-order chi connectivity index (χ0) is 27.2. The third-order valence-electron chi connectivity index (χ3n) is 6.49. The lowest BCUT2D eigenvalue weighted by atomic mass is 9.82. The van der Waals surface area contributed by atoms with Gasteiger partial charge in [-0.15, -0.1) is 0 Å². The summed E-state index contributed by atoms with van der Waals surface area (Å²) in [5, 5.41) is 0. The van der Waals surface area contributed by atoms with Crippen LogP contribution in [-0.2, 0) is 23.8 Å². The van der Waals surface area contributed by atoms with Crippen molar-refractivity contribution < 1.29 is 33.3 Å². The Balaban J connectivity index is 1.52. The van der Waals surface area contributed by atoms with Crippen LogP contribution in [0.15, 0.2) is 24.3 Å². The van der Waals surface area contributed by atoms with E-state index in [1.165, 1.54) is 4.90 Å². The molecule has 206 valence electrons. The molecule has 37 heavy (non-hydrogen) atoms. The van der Waals surface area contributed by atoms with Gasteiger partial charge in [0.1, 0.15) is 23.0 Å². The normalized spacial score (nSPS) is 22.9. The number of benzene rings is 1. The van der Waals surface area contributed by atoms with Crippen molar-refractivity contribution in [1.82, 2.24) is 4.90 Å². The zero-order valence-corrected chi connectivity index (χ0v) is 23.2. The molecule has 0 N–H and O–H groups in total. The zero-order valence-electron chi connectivity index (χ0n) is 23.2. The number of hydrogen-bond acceptors (Lipinski definition) is 7. The summed E-state index contributed by atoms with van der Waals surface area (Å²) in [5.74, 6) is 0.641. The Labute approximate surface area is 221 Å². The molecule has 1 aromatic rings. The molecule has 1 amide bonds. The van der Waals surface area contributed by atoms with Crippen LogP contribution in [0.5, 0.6) is 5.75 Å². The molecule has 1 heterocycles. The van der Waals surface area contributed by atoms with Crippen LogP contribution in [0.25, 0.3) is 0 Å². The lowest BCUT2D eigenvalue weighted by Gasteiger charge is -2.37. The van der Waals surface area contributed by atoms with Crippen LogP contribution in [0.4, 0.5) is 4.79 Å². The Morgan fingerprint density at radius 3 is 2.24 bits per heavy atom. The Morgan fingerprint density at radius 2 is 1.59 bits per heavy atom. The number of rotatable bonds is 7. The number of esters is 1. The molecular formula is C29H43NO7. The largest absolute Gasteiger partial charge is 0.482 e. The van der Waals surface area contributed by atoms with Crippen LogP contribution in [0, 0.1) is 0 Å². The van der Waals surface area contributed by atoms with Gasteiger partial charge in [0.15, 0.2) is 12.4 Å². The lowest BCUT2D eigenvalue weighted by molar-refractivity contribution is -0.157. The fourth-order valence-corrected chi connectivity index (χ4v) is 4.87. The van der Waals surface area contributed by atoms with E-state index < -0.39 is 29.3 Å². The SMILES string of the molecule is CC(C)(C)OC(=O)COc1ccccc1C1CCC(OCC2C(=O)CCCN2C(=O)OC(C)(C)C)CC1. The molecule has 0 bridgehead atoms. The van der Waals surface area contributed by atoms with Crippen LogP contribution in [0.1, 0.15) is 91.5 Å². The van der Waals surface area contributed by atoms with E-state index in [0.29, 0.717) is 31.1 Å². The fraction of sp³-hybridized carbons (Fsp3) is 0.690. The molecule has 2 fully saturated rings. The number of hydrogen-bond donors (Lipinski definition) is 0. The number of ketones is 1. The second kappa shape index (κ2) is 12.3. The van der Waals surface area contributed by atoms with E-state index in [9.17, 15) is 14.4 Å². The minimum Gasteiger partial charge on any atom is -0.482 e. The molecule has 0 radical (unpaired) electrons. The topological polar surface area (TPSA) is 91.4 Å². The summed E-state index contributed by atoms with van der Waals surface area (Å²) in [5.41, 5.74) is -0.0817. The van der Waals surface area contributed by atoms with Crippen LogP contribution in [0.3, 0.4) is 0 Å². The average molecular weight is 518 g/mol. The molecule has 0 spiro atoms. The standard InChI is InChI=1S/C29H43NO7/c1-28(2,3)36-26(32)19-35-25-12-8-7-10-22(25)20-13-15-21(16-14-20)34-18-23-24(31)11-9-17-30(23)27(33)37-29(4,5)6/h7-8,10,12,20-21,23H,9,11,13-19H2,1-6H3. The molecule has 1 aromatic carbocycles. The Kier molecular flexibility index (Phi) is 9.62. The van der Waals surface area contributed by atoms with Crippen molar-refractivity contribution in [1.29, 1.82) is 0 Å². The highest BCUT2D eigenvalue weighted by Crippen LogP contribution is 2.38. The van der Waals surface area contributed by atoms with E-state index in [4.69, 9.17) is 18.9 Å². The maximum Gasteiger partial charge on any atom is 0.410 e. The van der Waals surface area contributed by atoms with Crippen molar-refractivity contribution in [3.63, 3.8) is 0 Å². The summed E-state index contributed by atoms with van der Waals surface area (Å²) in [4.78, 5) is 38.9. The third-order valence-corrected chi connectivity index (χ3v) is 6.49. The van der Waals surface area contributed by atoms with Gasteiger partial charge < -0.3 is 18.9 Å². The van der Waals surface area contributed by atoms with Crippen molar-refractivity contribution in [2.24, 2.45) is 0 Å². The number of likely N-dealkylation sites (tertiary alicyclic amines) is 1. The summed E-state index contributed by atoms with van der Waals surface area (Å²) in [6.07, 6.45) is 4.19. The monoisotopic (exact) mass is 517 g/mol. The quantitative estimate of drug-likeness (QED) is 0.446. The minimum absolute atomic E-state index is 0.0290. The molecule has 2 aliphatic rings. The predicted octanol–water partition coefficient (Wildman–Crippen LogP) is 5.42. The molecule has 1 aliphatic heterocycles. The minimum atomic E-state index is -0.617. The molecule has 1 atom stereocenters. The van der Waals surface area contributed by atoms with Gasteiger partial charge in [0.2, 0.25) is 0 Å². The van der Waals surface area contributed by atoms with Crippen molar-refractivity contribution in [3.05, 3.63) is 29.8 Å². The number of carbonyl (C=O) groups is 3. The maximum atomic E-state index is 12.7.